The van der Waals surface area contributed by atoms with E-state index in [9.17, 15) is 8.78 Å². The van der Waals surface area contributed by atoms with Crippen LogP contribution in [0.25, 0.3) is 0 Å². The SMILES string of the molecule is CCCC1CCCCN1Cc1cc(F)cc(F)c1. The number of rotatable bonds is 4. The van der Waals surface area contributed by atoms with Gasteiger partial charge in [-0.3, -0.25) is 4.90 Å². The molecule has 2 rings (SSSR count). The summed E-state index contributed by atoms with van der Waals surface area (Å²) in [6, 6.07) is 4.40. The van der Waals surface area contributed by atoms with Gasteiger partial charge >= 0.3 is 0 Å². The minimum absolute atomic E-state index is 0.478. The molecule has 1 unspecified atom stereocenters. The van der Waals surface area contributed by atoms with Crippen molar-refractivity contribution >= 4 is 0 Å². The van der Waals surface area contributed by atoms with Crippen molar-refractivity contribution in [3.63, 3.8) is 0 Å². The maximum Gasteiger partial charge on any atom is 0.126 e. The number of nitrogens with zero attached hydrogens (tertiary/aromatic N) is 1. The van der Waals surface area contributed by atoms with Crippen LogP contribution in [0.3, 0.4) is 0 Å². The van der Waals surface area contributed by atoms with Crippen molar-refractivity contribution in [2.75, 3.05) is 6.54 Å². The molecule has 1 aliphatic heterocycles. The fourth-order valence-electron chi connectivity index (χ4n) is 2.87. The number of hydrogen-bond acceptors (Lipinski definition) is 1. The summed E-state index contributed by atoms with van der Waals surface area (Å²) in [5, 5.41) is 0. The van der Waals surface area contributed by atoms with E-state index < -0.39 is 11.6 Å². The van der Waals surface area contributed by atoms with Crippen molar-refractivity contribution in [3.05, 3.63) is 35.4 Å². The lowest BCUT2D eigenvalue weighted by Crippen LogP contribution is -2.38. The predicted molar refractivity (Wildman–Crippen MR) is 69.3 cm³/mol. The normalized spacial score (nSPS) is 21.2. The molecule has 0 aliphatic carbocycles. The standard InChI is InChI=1S/C15H21F2N/c1-2-5-15-6-3-4-7-18(15)11-12-8-13(16)10-14(17)9-12/h8-10,15H,2-7,11H2,1H3. The molecule has 0 amide bonds. The second-order valence-electron chi connectivity index (χ2n) is 5.19. The average molecular weight is 253 g/mol. The molecule has 1 aliphatic rings. The predicted octanol–water partition coefficient (Wildman–Crippen LogP) is 4.12. The number of hydrogen-bond donors (Lipinski definition) is 0. The van der Waals surface area contributed by atoms with Gasteiger partial charge in [0.2, 0.25) is 0 Å². The summed E-state index contributed by atoms with van der Waals surface area (Å²) in [6.45, 7) is 3.90. The lowest BCUT2D eigenvalue weighted by atomic mass is 9.97. The van der Waals surface area contributed by atoms with Gasteiger partial charge in [-0.25, -0.2) is 8.78 Å². The van der Waals surface area contributed by atoms with Crippen molar-refractivity contribution in [3.8, 4) is 0 Å². The summed E-state index contributed by atoms with van der Waals surface area (Å²) in [4.78, 5) is 2.38. The quantitative estimate of drug-likeness (QED) is 0.780. The highest BCUT2D eigenvalue weighted by Crippen LogP contribution is 2.23. The first-order valence-corrected chi connectivity index (χ1v) is 6.88. The molecule has 1 aromatic rings. The van der Waals surface area contributed by atoms with Gasteiger partial charge in [-0.05, 0) is 43.5 Å². The Labute approximate surface area is 108 Å². The average Bonchev–Trinajstić information content (AvgIpc) is 2.30. The Hall–Kier alpha value is -0.960. The molecule has 1 saturated heterocycles. The number of benzene rings is 1. The summed E-state index contributed by atoms with van der Waals surface area (Å²) in [5.41, 5.74) is 0.746. The third-order valence-corrected chi connectivity index (χ3v) is 3.68. The van der Waals surface area contributed by atoms with Crippen LogP contribution in [0.15, 0.2) is 18.2 Å². The van der Waals surface area contributed by atoms with E-state index in [-0.39, 0.29) is 0 Å². The van der Waals surface area contributed by atoms with Crippen LogP contribution in [-0.4, -0.2) is 17.5 Å². The van der Waals surface area contributed by atoms with Crippen molar-refractivity contribution in [1.82, 2.24) is 4.90 Å². The number of halogens is 2. The highest BCUT2D eigenvalue weighted by molar-refractivity contribution is 5.18. The maximum atomic E-state index is 13.2. The van der Waals surface area contributed by atoms with Crippen molar-refractivity contribution in [2.45, 2.75) is 51.6 Å². The molecular weight excluding hydrogens is 232 g/mol. The number of piperidine rings is 1. The van der Waals surface area contributed by atoms with Crippen molar-refractivity contribution in [1.29, 1.82) is 0 Å². The fourth-order valence-corrected chi connectivity index (χ4v) is 2.87. The Morgan fingerprint density at radius 2 is 1.89 bits per heavy atom. The van der Waals surface area contributed by atoms with Crippen LogP contribution in [0.4, 0.5) is 8.78 Å². The summed E-state index contributed by atoms with van der Waals surface area (Å²) in [6.07, 6.45) is 6.03. The summed E-state index contributed by atoms with van der Waals surface area (Å²) >= 11 is 0. The topological polar surface area (TPSA) is 3.24 Å². The smallest absolute Gasteiger partial charge is 0.126 e. The first-order valence-electron chi connectivity index (χ1n) is 6.88. The molecule has 1 fully saturated rings. The van der Waals surface area contributed by atoms with Crippen LogP contribution < -0.4 is 0 Å². The van der Waals surface area contributed by atoms with Gasteiger partial charge in [-0.15, -0.1) is 0 Å². The molecule has 1 nitrogen and oxygen atoms in total. The van der Waals surface area contributed by atoms with Crippen LogP contribution in [0.2, 0.25) is 0 Å². The van der Waals surface area contributed by atoms with E-state index in [1.165, 1.54) is 44.2 Å². The molecule has 1 aromatic carbocycles. The van der Waals surface area contributed by atoms with Crippen LogP contribution in [0.1, 0.15) is 44.6 Å². The molecule has 0 N–H and O–H groups in total. The molecule has 18 heavy (non-hydrogen) atoms. The zero-order chi connectivity index (χ0) is 13.0. The fraction of sp³-hybridized carbons (Fsp3) is 0.600. The highest BCUT2D eigenvalue weighted by atomic mass is 19.1. The lowest BCUT2D eigenvalue weighted by Gasteiger charge is -2.35. The van der Waals surface area contributed by atoms with Gasteiger partial charge in [0, 0.05) is 18.7 Å². The number of likely N-dealkylation sites (tertiary alicyclic amines) is 1. The molecule has 1 heterocycles. The van der Waals surface area contributed by atoms with Crippen LogP contribution >= 0.6 is 0 Å². The van der Waals surface area contributed by atoms with E-state index in [1.807, 2.05) is 0 Å². The molecule has 1 atom stereocenters. The minimum atomic E-state index is -0.478. The third kappa shape index (κ3) is 3.52. The van der Waals surface area contributed by atoms with Gasteiger partial charge in [0.05, 0.1) is 0 Å². The van der Waals surface area contributed by atoms with Crippen molar-refractivity contribution in [2.24, 2.45) is 0 Å². The Bertz CT molecular complexity index is 370. The monoisotopic (exact) mass is 253 g/mol. The van der Waals surface area contributed by atoms with Crippen molar-refractivity contribution < 1.29 is 8.78 Å². The summed E-state index contributed by atoms with van der Waals surface area (Å²) in [5.74, 6) is -0.955. The lowest BCUT2D eigenvalue weighted by molar-refractivity contribution is 0.131. The molecular formula is C15H21F2N. The van der Waals surface area contributed by atoms with Gasteiger partial charge in [0.1, 0.15) is 11.6 Å². The molecule has 100 valence electrons. The Morgan fingerprint density at radius 3 is 2.56 bits per heavy atom. The van der Waals surface area contributed by atoms with E-state index in [0.717, 1.165) is 18.2 Å². The molecule has 0 saturated carbocycles. The second kappa shape index (κ2) is 6.28. The van der Waals surface area contributed by atoms with Crippen LogP contribution in [-0.2, 0) is 6.54 Å². The summed E-state index contributed by atoms with van der Waals surface area (Å²) in [7, 11) is 0. The van der Waals surface area contributed by atoms with Gasteiger partial charge < -0.3 is 0 Å². The Morgan fingerprint density at radius 1 is 1.17 bits per heavy atom. The first kappa shape index (κ1) is 13.5. The molecule has 0 spiro atoms. The molecule has 3 heteroatoms. The van der Waals surface area contributed by atoms with E-state index in [0.29, 0.717) is 12.6 Å². The van der Waals surface area contributed by atoms with E-state index in [4.69, 9.17) is 0 Å². The highest BCUT2D eigenvalue weighted by Gasteiger charge is 2.21. The largest absolute Gasteiger partial charge is 0.296 e. The maximum absolute atomic E-state index is 13.2. The van der Waals surface area contributed by atoms with Gasteiger partial charge in [-0.2, -0.15) is 0 Å². The molecule has 0 radical (unpaired) electrons. The van der Waals surface area contributed by atoms with E-state index >= 15 is 0 Å². The summed E-state index contributed by atoms with van der Waals surface area (Å²) < 4.78 is 26.3. The van der Waals surface area contributed by atoms with Gasteiger partial charge in [0.25, 0.3) is 0 Å². The zero-order valence-corrected chi connectivity index (χ0v) is 11.0. The van der Waals surface area contributed by atoms with Gasteiger partial charge in [0.15, 0.2) is 0 Å². The van der Waals surface area contributed by atoms with Gasteiger partial charge in [-0.1, -0.05) is 19.8 Å². The second-order valence-corrected chi connectivity index (χ2v) is 5.19. The minimum Gasteiger partial charge on any atom is -0.296 e. The van der Waals surface area contributed by atoms with E-state index in [1.54, 1.807) is 0 Å². The molecule has 0 bridgehead atoms. The Kier molecular flexibility index (Phi) is 4.70. The van der Waals surface area contributed by atoms with Crippen LogP contribution in [0.5, 0.6) is 0 Å². The molecule has 0 aromatic heterocycles. The first-order chi connectivity index (χ1) is 8.69. The zero-order valence-electron chi connectivity index (χ0n) is 11.0. The Balaban J connectivity index is 2.05. The van der Waals surface area contributed by atoms with E-state index in [2.05, 4.69) is 11.8 Å². The van der Waals surface area contributed by atoms with Crippen LogP contribution in [0, 0.1) is 11.6 Å². The third-order valence-electron chi connectivity index (χ3n) is 3.68.